The van der Waals surface area contributed by atoms with Crippen molar-refractivity contribution in [2.45, 2.75) is 24.9 Å². The van der Waals surface area contributed by atoms with E-state index in [4.69, 9.17) is 0 Å². The molecule has 1 aliphatic rings. The van der Waals surface area contributed by atoms with E-state index >= 15 is 0 Å². The Morgan fingerprint density at radius 1 is 1.38 bits per heavy atom. The second kappa shape index (κ2) is 8.28. The Morgan fingerprint density at radius 2 is 2.23 bits per heavy atom. The van der Waals surface area contributed by atoms with Gasteiger partial charge in [0, 0.05) is 23.5 Å². The highest BCUT2D eigenvalue weighted by molar-refractivity contribution is 7.91. The van der Waals surface area contributed by atoms with Crippen LogP contribution in [0.3, 0.4) is 0 Å². The van der Waals surface area contributed by atoms with E-state index in [1.165, 1.54) is 4.88 Å². The fourth-order valence-corrected chi connectivity index (χ4v) is 5.72. The van der Waals surface area contributed by atoms with E-state index in [1.54, 1.807) is 24.6 Å². The molecule has 0 aliphatic carbocycles. The molecule has 2 atom stereocenters. The summed E-state index contributed by atoms with van der Waals surface area (Å²) in [6, 6.07) is 9.41. The Morgan fingerprint density at radius 3 is 2.85 bits per heavy atom. The van der Waals surface area contributed by atoms with Crippen LogP contribution in [0.4, 0.5) is 0 Å². The van der Waals surface area contributed by atoms with Crippen molar-refractivity contribution in [3.8, 4) is 0 Å². The van der Waals surface area contributed by atoms with Gasteiger partial charge in [-0.05, 0) is 37.0 Å². The number of aromatic nitrogens is 1. The molecule has 2 aromatic rings. The summed E-state index contributed by atoms with van der Waals surface area (Å²) in [5.74, 6) is 0.220. The number of pyridine rings is 1. The van der Waals surface area contributed by atoms with Crippen LogP contribution in [-0.2, 0) is 21.1 Å². The third-order valence-corrected chi connectivity index (χ3v) is 7.24. The summed E-state index contributed by atoms with van der Waals surface area (Å²) in [5.41, 5.74) is 0.820. The van der Waals surface area contributed by atoms with E-state index in [0.29, 0.717) is 12.8 Å². The molecule has 140 valence electrons. The SMILES string of the molecule is CN(CC(=O)N[C@@H](Cc1cccs1)c1ccccn1)[C@@H]1CCS(=O)(=O)C1. The van der Waals surface area contributed by atoms with Crippen LogP contribution in [0.15, 0.2) is 41.9 Å². The Kier molecular flexibility index (Phi) is 6.05. The van der Waals surface area contributed by atoms with Gasteiger partial charge in [0.25, 0.3) is 0 Å². The van der Waals surface area contributed by atoms with Crippen LogP contribution in [0.2, 0.25) is 0 Å². The number of carbonyl (C=O) groups excluding carboxylic acids is 1. The minimum Gasteiger partial charge on any atom is -0.346 e. The van der Waals surface area contributed by atoms with Crippen molar-refractivity contribution in [1.29, 1.82) is 0 Å². The Labute approximate surface area is 158 Å². The van der Waals surface area contributed by atoms with Crippen molar-refractivity contribution in [1.82, 2.24) is 15.2 Å². The maximum absolute atomic E-state index is 12.6. The molecule has 0 aromatic carbocycles. The second-order valence-corrected chi connectivity index (χ2v) is 9.89. The van der Waals surface area contributed by atoms with Gasteiger partial charge in [-0.1, -0.05) is 12.1 Å². The highest BCUT2D eigenvalue weighted by Crippen LogP contribution is 2.20. The molecule has 6 nitrogen and oxygen atoms in total. The smallest absolute Gasteiger partial charge is 0.234 e. The predicted molar refractivity (Wildman–Crippen MR) is 103 cm³/mol. The molecule has 1 fully saturated rings. The number of nitrogens with one attached hydrogen (secondary N) is 1. The molecule has 0 bridgehead atoms. The quantitative estimate of drug-likeness (QED) is 0.774. The largest absolute Gasteiger partial charge is 0.346 e. The summed E-state index contributed by atoms with van der Waals surface area (Å²) in [4.78, 5) is 20.0. The first-order chi connectivity index (χ1) is 12.4. The third kappa shape index (κ3) is 5.12. The van der Waals surface area contributed by atoms with Crippen LogP contribution in [-0.4, -0.2) is 55.3 Å². The number of likely N-dealkylation sites (N-methyl/N-ethyl adjacent to an activating group) is 1. The van der Waals surface area contributed by atoms with Crippen LogP contribution < -0.4 is 5.32 Å². The Bertz CT molecular complexity index is 823. The van der Waals surface area contributed by atoms with E-state index < -0.39 is 9.84 Å². The average molecular weight is 394 g/mol. The first kappa shape index (κ1) is 19.0. The number of sulfone groups is 1. The second-order valence-electron chi connectivity index (χ2n) is 6.63. The van der Waals surface area contributed by atoms with E-state index in [2.05, 4.69) is 10.3 Å². The van der Waals surface area contributed by atoms with Crippen LogP contribution in [0, 0.1) is 0 Å². The molecule has 1 aliphatic heterocycles. The summed E-state index contributed by atoms with van der Waals surface area (Å²) < 4.78 is 23.3. The lowest BCUT2D eigenvalue weighted by Crippen LogP contribution is -2.42. The minimum atomic E-state index is -2.96. The summed E-state index contributed by atoms with van der Waals surface area (Å²) in [7, 11) is -1.15. The first-order valence-electron chi connectivity index (χ1n) is 8.56. The lowest BCUT2D eigenvalue weighted by Gasteiger charge is -2.24. The maximum Gasteiger partial charge on any atom is 0.234 e. The number of thiophene rings is 1. The van der Waals surface area contributed by atoms with Crippen LogP contribution in [0.5, 0.6) is 0 Å². The van der Waals surface area contributed by atoms with E-state index in [9.17, 15) is 13.2 Å². The van der Waals surface area contributed by atoms with Crippen molar-refractivity contribution in [2.24, 2.45) is 0 Å². The van der Waals surface area contributed by atoms with Gasteiger partial charge >= 0.3 is 0 Å². The molecule has 3 heterocycles. The monoisotopic (exact) mass is 393 g/mol. The molecule has 0 spiro atoms. The van der Waals surface area contributed by atoms with Crippen LogP contribution >= 0.6 is 11.3 Å². The molecule has 0 saturated carbocycles. The van der Waals surface area contributed by atoms with Crippen LogP contribution in [0.25, 0.3) is 0 Å². The summed E-state index contributed by atoms with van der Waals surface area (Å²) in [5, 5.41) is 5.08. The van der Waals surface area contributed by atoms with Crippen LogP contribution in [0.1, 0.15) is 23.0 Å². The van der Waals surface area contributed by atoms with Crippen molar-refractivity contribution >= 4 is 27.1 Å². The number of hydrogen-bond donors (Lipinski definition) is 1. The van der Waals surface area contributed by atoms with Gasteiger partial charge in [-0.15, -0.1) is 11.3 Å². The van der Waals surface area contributed by atoms with E-state index in [1.807, 2.05) is 40.6 Å². The molecule has 26 heavy (non-hydrogen) atoms. The molecular weight excluding hydrogens is 370 g/mol. The normalized spacial score (nSPS) is 20.2. The molecule has 8 heteroatoms. The fourth-order valence-electron chi connectivity index (χ4n) is 3.16. The number of amides is 1. The van der Waals surface area contributed by atoms with Gasteiger partial charge in [0.15, 0.2) is 9.84 Å². The molecule has 0 radical (unpaired) electrons. The van der Waals surface area contributed by atoms with E-state index in [0.717, 1.165) is 5.69 Å². The lowest BCUT2D eigenvalue weighted by atomic mass is 10.1. The Balaban J connectivity index is 1.63. The summed E-state index contributed by atoms with van der Waals surface area (Å²) >= 11 is 1.65. The van der Waals surface area contributed by atoms with E-state index in [-0.39, 0.29) is 36.0 Å². The van der Waals surface area contributed by atoms with Gasteiger partial charge in [-0.2, -0.15) is 0 Å². The molecular formula is C18H23N3O3S2. The van der Waals surface area contributed by atoms with Gasteiger partial charge in [-0.3, -0.25) is 14.7 Å². The lowest BCUT2D eigenvalue weighted by molar-refractivity contribution is -0.123. The summed E-state index contributed by atoms with van der Waals surface area (Å²) in [6.45, 7) is 0.175. The molecule has 2 aromatic heterocycles. The molecule has 1 amide bonds. The maximum atomic E-state index is 12.6. The number of rotatable bonds is 7. The van der Waals surface area contributed by atoms with Crippen molar-refractivity contribution in [3.63, 3.8) is 0 Å². The van der Waals surface area contributed by atoms with Gasteiger partial charge in [0.1, 0.15) is 0 Å². The van der Waals surface area contributed by atoms with Gasteiger partial charge in [-0.25, -0.2) is 8.42 Å². The third-order valence-electron chi connectivity index (χ3n) is 4.59. The number of carbonyl (C=O) groups is 1. The topological polar surface area (TPSA) is 79.4 Å². The van der Waals surface area contributed by atoms with Crippen molar-refractivity contribution < 1.29 is 13.2 Å². The molecule has 3 rings (SSSR count). The molecule has 0 unspecified atom stereocenters. The van der Waals surface area contributed by atoms with Crippen molar-refractivity contribution in [2.75, 3.05) is 25.1 Å². The highest BCUT2D eigenvalue weighted by Gasteiger charge is 2.31. The molecule has 1 saturated heterocycles. The van der Waals surface area contributed by atoms with Gasteiger partial charge in [0.05, 0.1) is 29.8 Å². The predicted octanol–water partition coefficient (Wildman–Crippen LogP) is 1.66. The standard InChI is InChI=1S/C18H23N3O3S2/c1-21(14-7-10-26(23,24)13-14)12-18(22)20-17(11-15-5-4-9-25-15)16-6-2-3-8-19-16/h2-6,8-9,14,17H,7,10-13H2,1H3,(H,20,22)/t14-,17+/m1/s1. The van der Waals surface area contributed by atoms with Gasteiger partial charge < -0.3 is 5.32 Å². The minimum absolute atomic E-state index is 0.0867. The zero-order valence-corrected chi connectivity index (χ0v) is 16.3. The fraction of sp³-hybridized carbons (Fsp3) is 0.444. The number of nitrogens with zero attached hydrogens (tertiary/aromatic N) is 2. The first-order valence-corrected chi connectivity index (χ1v) is 11.3. The summed E-state index contributed by atoms with van der Waals surface area (Å²) in [6.07, 6.45) is 2.99. The number of hydrogen-bond acceptors (Lipinski definition) is 6. The zero-order valence-electron chi connectivity index (χ0n) is 14.7. The molecule has 1 N–H and O–H groups in total. The van der Waals surface area contributed by atoms with Crippen molar-refractivity contribution in [3.05, 3.63) is 52.5 Å². The average Bonchev–Trinajstić information content (AvgIpc) is 3.24. The highest BCUT2D eigenvalue weighted by atomic mass is 32.2. The van der Waals surface area contributed by atoms with Gasteiger partial charge in [0.2, 0.25) is 5.91 Å². The zero-order chi connectivity index (χ0) is 18.6. The Hall–Kier alpha value is -1.77.